The summed E-state index contributed by atoms with van der Waals surface area (Å²) in [6.45, 7) is 0. The maximum atomic E-state index is 4.27. The van der Waals surface area contributed by atoms with Gasteiger partial charge < -0.3 is 0 Å². The molecule has 12 heteroatoms. The highest BCUT2D eigenvalue weighted by atomic mass is 33.1. The fraction of sp³-hybridized carbons (Fsp3) is 0. The van der Waals surface area contributed by atoms with Crippen LogP contribution in [0.3, 0.4) is 0 Å². The first kappa shape index (κ1) is 21.8. The summed E-state index contributed by atoms with van der Waals surface area (Å²) in [6.07, 6.45) is 10.5. The van der Waals surface area contributed by atoms with Crippen molar-refractivity contribution in [2.45, 2.75) is 30.2 Å². The van der Waals surface area contributed by atoms with Gasteiger partial charge in [0.15, 0.2) is 15.5 Å². The lowest BCUT2D eigenvalue weighted by Crippen LogP contribution is -1.83. The average molecular weight is 505 g/mol. The zero-order valence-electron chi connectivity index (χ0n) is 15.1. The minimum absolute atomic E-state index is 0.730. The van der Waals surface area contributed by atoms with Crippen molar-refractivity contribution in [3.63, 3.8) is 0 Å². The van der Waals surface area contributed by atoms with Gasteiger partial charge in [0.05, 0.1) is 0 Å². The summed E-state index contributed by atoms with van der Waals surface area (Å²) < 4.78 is 0. The molecule has 0 saturated carbocycles. The molecule has 0 saturated heterocycles. The Morgan fingerprint density at radius 1 is 0.367 bits per heavy atom. The monoisotopic (exact) mass is 504 g/mol. The molecule has 1 aromatic carbocycles. The lowest BCUT2D eigenvalue weighted by Gasteiger charge is -2.08. The van der Waals surface area contributed by atoms with Crippen molar-refractivity contribution in [1.82, 2.24) is 29.9 Å². The van der Waals surface area contributed by atoms with E-state index in [-0.39, 0.29) is 0 Å². The Labute approximate surface area is 197 Å². The second kappa shape index (κ2) is 11.8. The van der Waals surface area contributed by atoms with E-state index in [1.807, 2.05) is 18.2 Å². The maximum absolute atomic E-state index is 4.27. The van der Waals surface area contributed by atoms with Crippen LogP contribution in [0.1, 0.15) is 0 Å². The second-order valence-electron chi connectivity index (χ2n) is 5.23. The van der Waals surface area contributed by atoms with E-state index < -0.39 is 0 Å². The normalized spacial score (nSPS) is 10.8. The fourth-order valence-corrected chi connectivity index (χ4v) is 7.52. The van der Waals surface area contributed by atoms with Gasteiger partial charge in [-0.3, -0.25) is 0 Å². The number of benzene rings is 1. The molecular formula is C18H12N6S6. The van der Waals surface area contributed by atoms with E-state index in [9.17, 15) is 0 Å². The predicted octanol–water partition coefficient (Wildman–Crippen LogP) is 6.45. The Balaban J connectivity index is 1.48. The first-order chi connectivity index (χ1) is 14.8. The van der Waals surface area contributed by atoms with Gasteiger partial charge in [-0.05, 0) is 101 Å². The predicted molar refractivity (Wildman–Crippen MR) is 128 cm³/mol. The molecule has 0 radical (unpaired) electrons. The molecule has 6 nitrogen and oxygen atoms in total. The van der Waals surface area contributed by atoms with Crippen LogP contribution in [0.2, 0.25) is 0 Å². The Morgan fingerprint density at radius 2 is 0.633 bits per heavy atom. The number of hydrogen-bond donors (Lipinski definition) is 0. The highest BCUT2D eigenvalue weighted by Crippen LogP contribution is 2.45. The zero-order chi connectivity index (χ0) is 20.4. The summed E-state index contributed by atoms with van der Waals surface area (Å²) >= 11 is 0. The van der Waals surface area contributed by atoms with Gasteiger partial charge in [0.1, 0.15) is 0 Å². The van der Waals surface area contributed by atoms with E-state index in [0.717, 1.165) is 30.2 Å². The lowest BCUT2D eigenvalue weighted by atomic mass is 10.4. The molecule has 0 aliphatic rings. The summed E-state index contributed by atoms with van der Waals surface area (Å²) in [6, 6.07) is 11.9. The molecule has 0 spiro atoms. The largest absolute Gasteiger partial charge is 0.230 e. The summed E-state index contributed by atoms with van der Waals surface area (Å²) in [5, 5.41) is 2.19. The third kappa shape index (κ3) is 7.06. The SMILES string of the molecule is c1cnc(SSc2cc(SSc3ncccn3)cc(SSc3ncccn3)c2)nc1. The van der Waals surface area contributed by atoms with Crippen LogP contribution < -0.4 is 0 Å². The third-order valence-corrected chi connectivity index (χ3v) is 9.55. The van der Waals surface area contributed by atoms with Gasteiger partial charge in [-0.1, -0.05) is 0 Å². The molecule has 30 heavy (non-hydrogen) atoms. The molecular weight excluding hydrogens is 493 g/mol. The molecule has 0 aliphatic heterocycles. The average Bonchev–Trinajstić information content (AvgIpc) is 2.82. The van der Waals surface area contributed by atoms with E-state index in [1.54, 1.807) is 69.6 Å². The Hall–Kier alpha value is -1.44. The number of hydrogen-bond acceptors (Lipinski definition) is 12. The zero-order valence-corrected chi connectivity index (χ0v) is 20.0. The van der Waals surface area contributed by atoms with Gasteiger partial charge in [0.25, 0.3) is 0 Å². The molecule has 4 rings (SSSR count). The van der Waals surface area contributed by atoms with Crippen molar-refractivity contribution in [3.05, 3.63) is 73.6 Å². The van der Waals surface area contributed by atoms with Gasteiger partial charge in [-0.15, -0.1) is 0 Å². The maximum Gasteiger partial charge on any atom is 0.198 e. The standard InChI is InChI=1S/C18H12N6S6/c1-4-19-16(20-5-1)28-25-13-10-14(26-29-17-21-6-2-7-22-17)12-15(11-13)27-30-18-23-8-3-9-24-18/h1-12H. The van der Waals surface area contributed by atoms with Crippen LogP contribution >= 0.6 is 64.8 Å². The minimum atomic E-state index is 0.730. The number of nitrogens with zero attached hydrogens (tertiary/aromatic N) is 6. The quantitative estimate of drug-likeness (QED) is 0.185. The molecule has 4 aromatic rings. The van der Waals surface area contributed by atoms with Gasteiger partial charge in [-0.25, -0.2) is 29.9 Å². The van der Waals surface area contributed by atoms with Gasteiger partial charge in [0.2, 0.25) is 0 Å². The second-order valence-corrected chi connectivity index (χ2v) is 11.7. The van der Waals surface area contributed by atoms with Crippen LogP contribution in [0.25, 0.3) is 0 Å². The van der Waals surface area contributed by atoms with Crippen LogP contribution in [0.4, 0.5) is 0 Å². The first-order valence-electron chi connectivity index (χ1n) is 8.35. The van der Waals surface area contributed by atoms with E-state index >= 15 is 0 Å². The highest BCUT2D eigenvalue weighted by Gasteiger charge is 2.09. The smallest absolute Gasteiger partial charge is 0.198 e. The molecule has 3 heterocycles. The highest BCUT2D eigenvalue weighted by molar-refractivity contribution is 8.77. The summed E-state index contributed by atoms with van der Waals surface area (Å²) in [5.74, 6) is 0. The van der Waals surface area contributed by atoms with E-state index in [2.05, 4.69) is 48.1 Å². The van der Waals surface area contributed by atoms with E-state index in [4.69, 9.17) is 0 Å². The molecule has 3 aromatic heterocycles. The number of rotatable bonds is 9. The Morgan fingerprint density at radius 3 is 0.900 bits per heavy atom. The van der Waals surface area contributed by atoms with E-state index in [0.29, 0.717) is 0 Å². The van der Waals surface area contributed by atoms with Crippen LogP contribution in [0.15, 0.2) is 104 Å². The van der Waals surface area contributed by atoms with Crippen LogP contribution in [0.5, 0.6) is 0 Å². The van der Waals surface area contributed by atoms with Crippen molar-refractivity contribution in [3.8, 4) is 0 Å². The molecule has 150 valence electrons. The first-order valence-corrected chi connectivity index (χ1v) is 14.8. The van der Waals surface area contributed by atoms with Crippen molar-refractivity contribution < 1.29 is 0 Å². The van der Waals surface area contributed by atoms with Crippen molar-refractivity contribution in [2.75, 3.05) is 0 Å². The molecule has 0 aliphatic carbocycles. The molecule has 0 bridgehead atoms. The summed E-state index contributed by atoms with van der Waals surface area (Å²) in [5.41, 5.74) is 0. The molecule has 0 N–H and O–H groups in total. The van der Waals surface area contributed by atoms with Crippen molar-refractivity contribution in [1.29, 1.82) is 0 Å². The summed E-state index contributed by atoms with van der Waals surface area (Å²) in [4.78, 5) is 29.0. The molecule has 0 atom stereocenters. The summed E-state index contributed by atoms with van der Waals surface area (Å²) in [7, 11) is 9.49. The van der Waals surface area contributed by atoms with Crippen molar-refractivity contribution in [2.24, 2.45) is 0 Å². The number of aromatic nitrogens is 6. The topological polar surface area (TPSA) is 77.3 Å². The molecule has 0 amide bonds. The molecule has 0 fully saturated rings. The van der Waals surface area contributed by atoms with Gasteiger partial charge >= 0.3 is 0 Å². The Bertz CT molecular complexity index is 909. The van der Waals surface area contributed by atoms with Gasteiger partial charge in [0, 0.05) is 51.9 Å². The van der Waals surface area contributed by atoms with E-state index in [1.165, 1.54) is 32.4 Å². The van der Waals surface area contributed by atoms with Crippen LogP contribution in [0, 0.1) is 0 Å². The lowest BCUT2D eigenvalue weighted by molar-refractivity contribution is 0.973. The minimum Gasteiger partial charge on any atom is -0.230 e. The van der Waals surface area contributed by atoms with Crippen LogP contribution in [-0.2, 0) is 0 Å². The van der Waals surface area contributed by atoms with Crippen molar-refractivity contribution >= 4 is 64.8 Å². The molecule has 0 unspecified atom stereocenters. The Kier molecular flexibility index (Phi) is 8.58. The van der Waals surface area contributed by atoms with Gasteiger partial charge in [-0.2, -0.15) is 0 Å². The van der Waals surface area contributed by atoms with Crippen LogP contribution in [-0.4, -0.2) is 29.9 Å². The third-order valence-electron chi connectivity index (χ3n) is 3.12. The fourth-order valence-electron chi connectivity index (χ4n) is 1.93.